The van der Waals surface area contributed by atoms with Crippen LogP contribution >= 0.6 is 0 Å². The van der Waals surface area contributed by atoms with Crippen molar-refractivity contribution in [2.75, 3.05) is 24.3 Å². The van der Waals surface area contributed by atoms with E-state index < -0.39 is 0 Å². The van der Waals surface area contributed by atoms with Crippen LogP contribution < -0.4 is 10.2 Å². The maximum Gasteiger partial charge on any atom is 0.229 e. The number of fused-ring (bicyclic) bond motifs is 2. The third-order valence-corrected chi connectivity index (χ3v) is 3.91. The van der Waals surface area contributed by atoms with E-state index in [0.717, 1.165) is 12.8 Å². The standard InChI is InChI=1S/C14H18N4O/c1-18(2)14-15-6-5-12(17-14)16-13(19)11-8-9-3-4-10(11)7-9/h3-6,9-11H,7-8H2,1-2H3,(H,15,16,17,19)/t9-,10-,11-/m0/s1. The Kier molecular flexibility index (Phi) is 2.97. The Bertz CT molecular complexity index is 526. The van der Waals surface area contributed by atoms with Crippen molar-refractivity contribution < 1.29 is 4.79 Å². The molecule has 0 radical (unpaired) electrons. The number of hydrogen-bond donors (Lipinski definition) is 1. The molecular weight excluding hydrogens is 240 g/mol. The molecule has 0 aliphatic heterocycles. The monoisotopic (exact) mass is 258 g/mol. The van der Waals surface area contributed by atoms with E-state index in [1.165, 1.54) is 0 Å². The van der Waals surface area contributed by atoms with Crippen LogP contribution in [0.2, 0.25) is 0 Å². The number of aromatic nitrogens is 2. The average molecular weight is 258 g/mol. The molecule has 0 saturated heterocycles. The highest BCUT2D eigenvalue weighted by atomic mass is 16.2. The van der Waals surface area contributed by atoms with E-state index in [9.17, 15) is 4.79 Å². The molecule has 1 saturated carbocycles. The van der Waals surface area contributed by atoms with Crippen molar-refractivity contribution in [2.24, 2.45) is 17.8 Å². The Morgan fingerprint density at radius 3 is 2.84 bits per heavy atom. The van der Waals surface area contributed by atoms with Crippen molar-refractivity contribution in [1.29, 1.82) is 0 Å². The summed E-state index contributed by atoms with van der Waals surface area (Å²) >= 11 is 0. The molecule has 5 nitrogen and oxygen atoms in total. The van der Waals surface area contributed by atoms with Crippen LogP contribution in [-0.4, -0.2) is 30.0 Å². The summed E-state index contributed by atoms with van der Waals surface area (Å²) in [5, 5.41) is 2.91. The van der Waals surface area contributed by atoms with Gasteiger partial charge in [0.1, 0.15) is 5.82 Å². The Labute approximate surface area is 112 Å². The Hall–Kier alpha value is -1.91. The van der Waals surface area contributed by atoms with E-state index in [4.69, 9.17) is 0 Å². The molecule has 3 atom stereocenters. The zero-order valence-electron chi connectivity index (χ0n) is 11.2. The zero-order valence-corrected chi connectivity index (χ0v) is 11.2. The van der Waals surface area contributed by atoms with E-state index in [1.54, 1.807) is 12.3 Å². The minimum absolute atomic E-state index is 0.0836. The number of allylic oxidation sites excluding steroid dienone is 2. The van der Waals surface area contributed by atoms with Gasteiger partial charge in [-0.1, -0.05) is 12.2 Å². The molecule has 1 amide bonds. The smallest absolute Gasteiger partial charge is 0.229 e. The maximum absolute atomic E-state index is 12.3. The second-order valence-electron chi connectivity index (χ2n) is 5.51. The van der Waals surface area contributed by atoms with Gasteiger partial charge in [-0.25, -0.2) is 4.98 Å². The number of anilines is 2. The van der Waals surface area contributed by atoms with E-state index in [2.05, 4.69) is 27.4 Å². The maximum atomic E-state index is 12.3. The number of carbonyl (C=O) groups excluding carboxylic acids is 1. The summed E-state index contributed by atoms with van der Waals surface area (Å²) in [6.45, 7) is 0. The molecule has 2 aliphatic carbocycles. The van der Waals surface area contributed by atoms with Gasteiger partial charge in [-0.2, -0.15) is 4.98 Å². The third kappa shape index (κ3) is 2.32. The lowest BCUT2D eigenvalue weighted by Crippen LogP contribution is -2.26. The van der Waals surface area contributed by atoms with Gasteiger partial charge >= 0.3 is 0 Å². The second kappa shape index (κ2) is 4.64. The molecule has 1 N–H and O–H groups in total. The topological polar surface area (TPSA) is 58.1 Å². The fraction of sp³-hybridized carbons (Fsp3) is 0.500. The van der Waals surface area contributed by atoms with Crippen molar-refractivity contribution in [3.05, 3.63) is 24.4 Å². The molecule has 0 aromatic carbocycles. The molecule has 0 unspecified atom stereocenters. The largest absolute Gasteiger partial charge is 0.347 e. The SMILES string of the molecule is CN(C)c1nccc(NC(=O)[C@H]2C[C@H]3C=C[C@H]2C3)n1. The highest BCUT2D eigenvalue weighted by Crippen LogP contribution is 2.43. The first-order chi connectivity index (χ1) is 9.13. The summed E-state index contributed by atoms with van der Waals surface area (Å²) in [7, 11) is 3.75. The van der Waals surface area contributed by atoms with Crippen LogP contribution in [0.1, 0.15) is 12.8 Å². The minimum atomic E-state index is 0.0836. The lowest BCUT2D eigenvalue weighted by Gasteiger charge is -2.17. The van der Waals surface area contributed by atoms with Crippen molar-refractivity contribution in [1.82, 2.24) is 9.97 Å². The molecule has 0 spiro atoms. The summed E-state index contributed by atoms with van der Waals surface area (Å²) in [5.74, 6) is 2.39. The molecule has 1 aromatic rings. The van der Waals surface area contributed by atoms with Crippen molar-refractivity contribution in [2.45, 2.75) is 12.8 Å². The first kappa shape index (κ1) is 12.1. The van der Waals surface area contributed by atoms with Crippen molar-refractivity contribution in [3.8, 4) is 0 Å². The summed E-state index contributed by atoms with van der Waals surface area (Å²) < 4.78 is 0. The van der Waals surface area contributed by atoms with Crippen LogP contribution in [0.15, 0.2) is 24.4 Å². The predicted octanol–water partition coefficient (Wildman–Crippen LogP) is 1.69. The molecule has 19 heavy (non-hydrogen) atoms. The van der Waals surface area contributed by atoms with Gasteiger partial charge in [-0.05, 0) is 30.7 Å². The lowest BCUT2D eigenvalue weighted by atomic mass is 9.93. The highest BCUT2D eigenvalue weighted by Gasteiger charge is 2.39. The third-order valence-electron chi connectivity index (χ3n) is 3.91. The summed E-state index contributed by atoms with van der Waals surface area (Å²) in [6, 6.07) is 1.73. The molecule has 1 fully saturated rings. The number of rotatable bonds is 3. The van der Waals surface area contributed by atoms with Crippen LogP contribution in [-0.2, 0) is 4.79 Å². The van der Waals surface area contributed by atoms with Gasteiger partial charge in [0.15, 0.2) is 0 Å². The normalized spacial score (nSPS) is 27.6. The van der Waals surface area contributed by atoms with Crippen LogP contribution in [0.5, 0.6) is 0 Å². The van der Waals surface area contributed by atoms with Crippen LogP contribution in [0.25, 0.3) is 0 Å². The Morgan fingerprint density at radius 1 is 1.37 bits per heavy atom. The fourth-order valence-corrected chi connectivity index (χ4v) is 2.93. The van der Waals surface area contributed by atoms with Crippen LogP contribution in [0.4, 0.5) is 11.8 Å². The zero-order chi connectivity index (χ0) is 13.4. The first-order valence-corrected chi connectivity index (χ1v) is 6.63. The summed E-state index contributed by atoms with van der Waals surface area (Å²) in [4.78, 5) is 22.5. The molecule has 1 heterocycles. The van der Waals surface area contributed by atoms with Crippen molar-refractivity contribution >= 4 is 17.7 Å². The molecule has 1 aromatic heterocycles. The van der Waals surface area contributed by atoms with Gasteiger partial charge in [0.05, 0.1) is 0 Å². The molecule has 2 bridgehead atoms. The van der Waals surface area contributed by atoms with Gasteiger partial charge < -0.3 is 10.2 Å². The Balaban J connectivity index is 1.70. The number of nitrogens with one attached hydrogen (secondary N) is 1. The van der Waals surface area contributed by atoms with Crippen LogP contribution in [0, 0.1) is 17.8 Å². The molecule has 3 rings (SSSR count). The van der Waals surface area contributed by atoms with Gasteiger partial charge in [0.25, 0.3) is 0 Å². The summed E-state index contributed by atoms with van der Waals surface area (Å²) in [6.07, 6.45) is 8.19. The fourth-order valence-electron chi connectivity index (χ4n) is 2.93. The Morgan fingerprint density at radius 2 is 2.21 bits per heavy atom. The molecule has 100 valence electrons. The lowest BCUT2D eigenvalue weighted by molar-refractivity contribution is -0.120. The van der Waals surface area contributed by atoms with Gasteiger partial charge in [0, 0.05) is 26.2 Å². The minimum Gasteiger partial charge on any atom is -0.347 e. The predicted molar refractivity (Wildman–Crippen MR) is 73.8 cm³/mol. The number of nitrogens with zero attached hydrogens (tertiary/aromatic N) is 3. The summed E-state index contributed by atoms with van der Waals surface area (Å²) in [5.41, 5.74) is 0. The van der Waals surface area contributed by atoms with Gasteiger partial charge in [-0.3, -0.25) is 4.79 Å². The average Bonchev–Trinajstić information content (AvgIpc) is 3.01. The molecule has 2 aliphatic rings. The highest BCUT2D eigenvalue weighted by molar-refractivity contribution is 5.92. The number of carbonyl (C=O) groups is 1. The van der Waals surface area contributed by atoms with Gasteiger partial charge in [0.2, 0.25) is 11.9 Å². The van der Waals surface area contributed by atoms with Gasteiger partial charge in [-0.15, -0.1) is 0 Å². The van der Waals surface area contributed by atoms with E-state index >= 15 is 0 Å². The quantitative estimate of drug-likeness (QED) is 0.838. The van der Waals surface area contributed by atoms with E-state index in [-0.39, 0.29) is 11.8 Å². The first-order valence-electron chi connectivity index (χ1n) is 6.63. The van der Waals surface area contributed by atoms with Crippen molar-refractivity contribution in [3.63, 3.8) is 0 Å². The second-order valence-corrected chi connectivity index (χ2v) is 5.51. The van der Waals surface area contributed by atoms with Crippen LogP contribution in [0.3, 0.4) is 0 Å². The number of hydrogen-bond acceptors (Lipinski definition) is 4. The van der Waals surface area contributed by atoms with E-state index in [0.29, 0.717) is 23.6 Å². The molecule has 5 heteroatoms. The number of amides is 1. The van der Waals surface area contributed by atoms with E-state index in [1.807, 2.05) is 19.0 Å². The molecular formula is C14H18N4O.